The summed E-state index contributed by atoms with van der Waals surface area (Å²) in [6.07, 6.45) is 2.79. The van der Waals surface area contributed by atoms with E-state index < -0.39 is 6.09 Å². The van der Waals surface area contributed by atoms with Gasteiger partial charge in [0.25, 0.3) is 5.91 Å². The van der Waals surface area contributed by atoms with E-state index in [0.29, 0.717) is 25.4 Å². The van der Waals surface area contributed by atoms with E-state index in [1.165, 1.54) is 4.68 Å². The van der Waals surface area contributed by atoms with Crippen LogP contribution in [0.1, 0.15) is 30.3 Å². The van der Waals surface area contributed by atoms with Gasteiger partial charge < -0.3 is 20.7 Å². The number of anilines is 1. The van der Waals surface area contributed by atoms with Gasteiger partial charge in [-0.15, -0.1) is 0 Å². The molecule has 0 radical (unpaired) electrons. The number of piperidine rings is 1. The molecule has 1 aromatic rings. The zero-order valence-corrected chi connectivity index (χ0v) is 12.3. The fraction of sp³-hybridized carbons (Fsp3) is 0.615. The Morgan fingerprint density at radius 2 is 2.33 bits per heavy atom. The molecule has 1 aliphatic heterocycles. The first kappa shape index (κ1) is 15.1. The highest BCUT2D eigenvalue weighted by Crippen LogP contribution is 2.16. The second-order valence-electron chi connectivity index (χ2n) is 5.06. The molecular formula is C13H21N5O3. The highest BCUT2D eigenvalue weighted by atomic mass is 16.5. The van der Waals surface area contributed by atoms with Crippen LogP contribution in [0.15, 0.2) is 6.20 Å². The third-order valence-electron chi connectivity index (χ3n) is 3.37. The Kier molecular flexibility index (Phi) is 4.66. The molecule has 116 valence electrons. The number of carbonyl (C=O) groups excluding carboxylic acids is 2. The SMILES string of the molecule is CCOC(=O)NC1CCCN(C(=O)c2nn(C)cc2N)C1. The van der Waals surface area contributed by atoms with Crippen molar-refractivity contribution in [1.29, 1.82) is 0 Å². The zero-order valence-electron chi connectivity index (χ0n) is 12.3. The van der Waals surface area contributed by atoms with Crippen molar-refractivity contribution in [2.45, 2.75) is 25.8 Å². The number of hydrogen-bond donors (Lipinski definition) is 2. The van der Waals surface area contributed by atoms with E-state index >= 15 is 0 Å². The van der Waals surface area contributed by atoms with Crippen molar-refractivity contribution in [3.8, 4) is 0 Å². The van der Waals surface area contributed by atoms with Gasteiger partial charge in [-0.1, -0.05) is 0 Å². The minimum absolute atomic E-state index is 0.105. The molecule has 1 aromatic heterocycles. The lowest BCUT2D eigenvalue weighted by atomic mass is 10.1. The van der Waals surface area contributed by atoms with Gasteiger partial charge in [0.15, 0.2) is 5.69 Å². The lowest BCUT2D eigenvalue weighted by molar-refractivity contribution is 0.0680. The summed E-state index contributed by atoms with van der Waals surface area (Å²) in [5.74, 6) is -0.205. The van der Waals surface area contributed by atoms with Gasteiger partial charge in [-0.2, -0.15) is 5.10 Å². The Labute approximate surface area is 123 Å². The Morgan fingerprint density at radius 3 is 2.95 bits per heavy atom. The number of aryl methyl sites for hydroxylation is 1. The van der Waals surface area contributed by atoms with Crippen molar-refractivity contribution >= 4 is 17.7 Å². The summed E-state index contributed by atoms with van der Waals surface area (Å²) < 4.78 is 6.37. The van der Waals surface area contributed by atoms with Crippen LogP contribution in [0, 0.1) is 0 Å². The number of rotatable bonds is 3. The first-order chi connectivity index (χ1) is 10.0. The summed E-state index contributed by atoms with van der Waals surface area (Å²) in [5, 5.41) is 6.85. The van der Waals surface area contributed by atoms with Crippen LogP contribution in [0.25, 0.3) is 0 Å². The number of ether oxygens (including phenoxy) is 1. The van der Waals surface area contributed by atoms with E-state index in [9.17, 15) is 9.59 Å². The van der Waals surface area contributed by atoms with Gasteiger partial charge in [0.2, 0.25) is 0 Å². The van der Waals surface area contributed by atoms with Crippen molar-refractivity contribution in [1.82, 2.24) is 20.0 Å². The Bertz CT molecular complexity index is 528. The van der Waals surface area contributed by atoms with E-state index in [0.717, 1.165) is 12.8 Å². The summed E-state index contributed by atoms with van der Waals surface area (Å²) >= 11 is 0. The smallest absolute Gasteiger partial charge is 0.407 e. The van der Waals surface area contributed by atoms with Crippen molar-refractivity contribution < 1.29 is 14.3 Å². The standard InChI is InChI=1S/C13H21N5O3/c1-3-21-13(20)15-9-5-4-6-18(7-9)12(19)11-10(14)8-17(2)16-11/h8-9H,3-7,14H2,1-2H3,(H,15,20). The second kappa shape index (κ2) is 6.47. The number of nitrogens with two attached hydrogens (primary N) is 1. The summed E-state index contributed by atoms with van der Waals surface area (Å²) in [7, 11) is 1.72. The molecule has 8 heteroatoms. The van der Waals surface area contributed by atoms with Crippen LogP contribution in [0.2, 0.25) is 0 Å². The second-order valence-corrected chi connectivity index (χ2v) is 5.06. The molecule has 1 atom stereocenters. The number of alkyl carbamates (subject to hydrolysis) is 1. The number of carbonyl (C=O) groups is 2. The van der Waals surface area contributed by atoms with Crippen LogP contribution in [0.3, 0.4) is 0 Å². The average molecular weight is 295 g/mol. The molecule has 1 fully saturated rings. The minimum Gasteiger partial charge on any atom is -0.450 e. The molecule has 1 unspecified atom stereocenters. The van der Waals surface area contributed by atoms with E-state index in [1.807, 2.05) is 0 Å². The molecule has 2 rings (SSSR count). The Hall–Kier alpha value is -2.25. The number of nitrogens with one attached hydrogen (secondary N) is 1. The molecule has 21 heavy (non-hydrogen) atoms. The largest absolute Gasteiger partial charge is 0.450 e. The average Bonchev–Trinajstić information content (AvgIpc) is 2.77. The molecule has 0 bridgehead atoms. The number of aromatic nitrogens is 2. The highest BCUT2D eigenvalue weighted by molar-refractivity contribution is 5.97. The van der Waals surface area contributed by atoms with Crippen molar-refractivity contribution in [2.24, 2.45) is 7.05 Å². The molecule has 0 saturated carbocycles. The van der Waals surface area contributed by atoms with Gasteiger partial charge in [0.1, 0.15) is 0 Å². The summed E-state index contributed by atoms with van der Waals surface area (Å²) in [5.41, 5.74) is 6.41. The third-order valence-corrected chi connectivity index (χ3v) is 3.37. The molecule has 1 aliphatic rings. The summed E-state index contributed by atoms with van der Waals surface area (Å²) in [6.45, 7) is 3.15. The van der Waals surface area contributed by atoms with E-state index in [4.69, 9.17) is 10.5 Å². The molecule has 1 saturated heterocycles. The maximum absolute atomic E-state index is 12.4. The van der Waals surface area contributed by atoms with Crippen LogP contribution in [0.5, 0.6) is 0 Å². The van der Waals surface area contributed by atoms with E-state index in [2.05, 4.69) is 10.4 Å². The Balaban J connectivity index is 1.99. The van der Waals surface area contributed by atoms with Crippen LogP contribution >= 0.6 is 0 Å². The minimum atomic E-state index is -0.450. The maximum Gasteiger partial charge on any atom is 0.407 e. The highest BCUT2D eigenvalue weighted by Gasteiger charge is 2.28. The first-order valence-corrected chi connectivity index (χ1v) is 7.03. The molecule has 0 spiro atoms. The number of hydrogen-bond acceptors (Lipinski definition) is 5. The first-order valence-electron chi connectivity index (χ1n) is 7.03. The zero-order chi connectivity index (χ0) is 15.4. The molecule has 2 amide bonds. The predicted molar refractivity (Wildman–Crippen MR) is 76.7 cm³/mol. The van der Waals surface area contributed by atoms with Crippen molar-refractivity contribution in [3.63, 3.8) is 0 Å². The number of nitrogen functional groups attached to an aromatic ring is 1. The van der Waals surface area contributed by atoms with Crippen LogP contribution in [-0.2, 0) is 11.8 Å². The molecule has 0 aromatic carbocycles. The molecule has 3 N–H and O–H groups in total. The maximum atomic E-state index is 12.4. The number of nitrogens with zero attached hydrogens (tertiary/aromatic N) is 3. The quantitative estimate of drug-likeness (QED) is 0.838. The number of amides is 2. The lowest BCUT2D eigenvalue weighted by Gasteiger charge is -2.32. The monoisotopic (exact) mass is 295 g/mol. The summed E-state index contributed by atoms with van der Waals surface area (Å²) in [4.78, 5) is 25.5. The molecule has 0 aliphatic carbocycles. The van der Waals surface area contributed by atoms with Gasteiger partial charge >= 0.3 is 6.09 Å². The van der Waals surface area contributed by atoms with Gasteiger partial charge in [0, 0.05) is 32.4 Å². The van der Waals surface area contributed by atoms with Crippen molar-refractivity contribution in [2.75, 3.05) is 25.4 Å². The summed E-state index contributed by atoms with van der Waals surface area (Å²) in [6, 6.07) is -0.105. The fourth-order valence-electron chi connectivity index (χ4n) is 2.44. The fourth-order valence-corrected chi connectivity index (χ4v) is 2.44. The van der Waals surface area contributed by atoms with E-state index in [1.54, 1.807) is 25.1 Å². The Morgan fingerprint density at radius 1 is 1.57 bits per heavy atom. The van der Waals surface area contributed by atoms with Gasteiger partial charge in [-0.25, -0.2) is 4.79 Å². The third kappa shape index (κ3) is 3.65. The molecule has 8 nitrogen and oxygen atoms in total. The van der Waals surface area contributed by atoms with Gasteiger partial charge in [-0.3, -0.25) is 9.48 Å². The van der Waals surface area contributed by atoms with E-state index in [-0.39, 0.29) is 17.6 Å². The van der Waals surface area contributed by atoms with Gasteiger partial charge in [0.05, 0.1) is 12.3 Å². The van der Waals surface area contributed by atoms with Crippen LogP contribution in [0.4, 0.5) is 10.5 Å². The predicted octanol–water partition coefficient (Wildman–Crippen LogP) is 0.353. The topological polar surface area (TPSA) is 102 Å². The number of likely N-dealkylation sites (tertiary alicyclic amines) is 1. The van der Waals surface area contributed by atoms with Crippen molar-refractivity contribution in [3.05, 3.63) is 11.9 Å². The van der Waals surface area contributed by atoms with Crippen LogP contribution < -0.4 is 11.1 Å². The normalized spacial score (nSPS) is 18.4. The molecular weight excluding hydrogens is 274 g/mol. The lowest BCUT2D eigenvalue weighted by Crippen LogP contribution is -2.49. The van der Waals surface area contributed by atoms with Crippen LogP contribution in [-0.4, -0.2) is 52.4 Å². The molecule has 2 heterocycles. The van der Waals surface area contributed by atoms with Gasteiger partial charge in [-0.05, 0) is 19.8 Å².